The molecular formula is C32H37N7O3. The first-order chi connectivity index (χ1) is 20.5. The minimum Gasteiger partial charge on any atom is -0.461 e. The van der Waals surface area contributed by atoms with Crippen LogP contribution in [0.15, 0.2) is 55.1 Å². The van der Waals surface area contributed by atoms with Gasteiger partial charge in [-0.2, -0.15) is 15.2 Å². The maximum absolute atomic E-state index is 12.5. The first-order valence-corrected chi connectivity index (χ1v) is 14.6. The summed E-state index contributed by atoms with van der Waals surface area (Å²) in [6.07, 6.45) is 2.30. The summed E-state index contributed by atoms with van der Waals surface area (Å²) in [5.74, 6) is 0.690. The van der Waals surface area contributed by atoms with Crippen LogP contribution in [-0.4, -0.2) is 97.4 Å². The molecule has 10 nitrogen and oxygen atoms in total. The molecule has 0 aliphatic carbocycles. The molecule has 2 fully saturated rings. The van der Waals surface area contributed by atoms with Crippen molar-refractivity contribution in [1.82, 2.24) is 19.8 Å². The molecule has 2 saturated heterocycles. The van der Waals surface area contributed by atoms with Crippen molar-refractivity contribution in [2.75, 3.05) is 69.3 Å². The standard InChI is InChI=1S/C32H37N7O3/c1-3-30(40)39-16-15-38(19-24(39)11-13-33)31-27-12-14-37(29-10-6-8-23-7-4-5-9-26(23)29)21-28(27)34-32(35-31)42-22-25-20-36(2)17-18-41-25/h3-10,24-25H,1,11-12,14-22H2,2H3/t24-,25+/m0/s1. The molecule has 1 aromatic heterocycles. The number of benzene rings is 2. The summed E-state index contributed by atoms with van der Waals surface area (Å²) in [6.45, 7) is 9.47. The number of amides is 1. The summed E-state index contributed by atoms with van der Waals surface area (Å²) < 4.78 is 12.1. The first kappa shape index (κ1) is 27.9. The predicted octanol–water partition coefficient (Wildman–Crippen LogP) is 3.02. The van der Waals surface area contributed by atoms with Gasteiger partial charge in [-0.1, -0.05) is 43.0 Å². The molecule has 3 aromatic rings. The largest absolute Gasteiger partial charge is 0.461 e. The molecule has 3 aliphatic heterocycles. The van der Waals surface area contributed by atoms with Crippen LogP contribution in [0.2, 0.25) is 0 Å². The summed E-state index contributed by atoms with van der Waals surface area (Å²) in [7, 11) is 2.08. The Morgan fingerprint density at radius 3 is 2.81 bits per heavy atom. The van der Waals surface area contributed by atoms with Gasteiger partial charge in [-0.05, 0) is 31.0 Å². The fourth-order valence-corrected chi connectivity index (χ4v) is 6.27. The second-order valence-electron chi connectivity index (χ2n) is 11.2. The molecule has 2 aromatic carbocycles. The Balaban J connectivity index is 1.31. The molecule has 0 saturated carbocycles. The van der Waals surface area contributed by atoms with Crippen LogP contribution >= 0.6 is 0 Å². The third kappa shape index (κ3) is 5.75. The quantitative estimate of drug-likeness (QED) is 0.399. The smallest absolute Gasteiger partial charge is 0.318 e. The zero-order valence-corrected chi connectivity index (χ0v) is 24.1. The lowest BCUT2D eigenvalue weighted by molar-refractivity contribution is -0.128. The lowest BCUT2D eigenvalue weighted by atomic mass is 10.0. The SMILES string of the molecule is C=CC(=O)N1CCN(c2nc(OC[C@H]3CN(C)CCO3)nc3c2CCN(c2cccc4ccccc24)C3)C[C@@H]1CC#N. The number of morpholine rings is 1. The summed E-state index contributed by atoms with van der Waals surface area (Å²) >= 11 is 0. The Bertz CT molecular complexity index is 1500. The van der Waals surface area contributed by atoms with Crippen molar-refractivity contribution in [2.45, 2.75) is 31.5 Å². The van der Waals surface area contributed by atoms with Gasteiger partial charge in [0.2, 0.25) is 5.91 Å². The van der Waals surface area contributed by atoms with Gasteiger partial charge in [0.1, 0.15) is 18.5 Å². The number of rotatable bonds is 7. The molecular weight excluding hydrogens is 530 g/mol. The van der Waals surface area contributed by atoms with Gasteiger partial charge in [0.05, 0.1) is 37.4 Å². The van der Waals surface area contributed by atoms with E-state index in [1.807, 2.05) is 0 Å². The normalized spacial score (nSPS) is 21.1. The molecule has 0 radical (unpaired) electrons. The number of nitrogens with zero attached hydrogens (tertiary/aromatic N) is 7. The van der Waals surface area contributed by atoms with Crippen LogP contribution in [0.4, 0.5) is 11.5 Å². The number of carbonyl (C=O) groups excluding carboxylic acids is 1. The highest BCUT2D eigenvalue weighted by Gasteiger charge is 2.33. The Labute approximate surface area is 246 Å². The van der Waals surface area contributed by atoms with E-state index in [0.717, 1.165) is 43.1 Å². The van der Waals surface area contributed by atoms with Crippen LogP contribution in [0.1, 0.15) is 17.7 Å². The van der Waals surface area contributed by atoms with E-state index in [0.29, 0.717) is 45.4 Å². The van der Waals surface area contributed by atoms with E-state index in [9.17, 15) is 10.1 Å². The Kier molecular flexibility index (Phi) is 8.22. The second-order valence-corrected chi connectivity index (χ2v) is 11.2. The Morgan fingerprint density at radius 1 is 1.12 bits per heavy atom. The molecule has 218 valence electrons. The highest BCUT2D eigenvalue weighted by Crippen LogP contribution is 2.35. The Morgan fingerprint density at radius 2 is 1.98 bits per heavy atom. The van der Waals surface area contributed by atoms with Crippen molar-refractivity contribution in [2.24, 2.45) is 0 Å². The van der Waals surface area contributed by atoms with Crippen LogP contribution in [-0.2, 0) is 22.5 Å². The average Bonchev–Trinajstić information content (AvgIpc) is 3.02. The number of anilines is 2. The monoisotopic (exact) mass is 567 g/mol. The molecule has 0 N–H and O–H groups in total. The summed E-state index contributed by atoms with van der Waals surface area (Å²) in [6, 6.07) is 17.2. The predicted molar refractivity (Wildman–Crippen MR) is 162 cm³/mol. The molecule has 2 atom stereocenters. The summed E-state index contributed by atoms with van der Waals surface area (Å²) in [5.41, 5.74) is 3.23. The lowest BCUT2D eigenvalue weighted by Crippen LogP contribution is -2.55. The van der Waals surface area contributed by atoms with E-state index >= 15 is 0 Å². The van der Waals surface area contributed by atoms with Crippen molar-refractivity contribution in [1.29, 1.82) is 5.26 Å². The average molecular weight is 568 g/mol. The number of nitriles is 1. The van der Waals surface area contributed by atoms with E-state index in [2.05, 4.69) is 76.9 Å². The van der Waals surface area contributed by atoms with Crippen LogP contribution in [0.3, 0.4) is 0 Å². The van der Waals surface area contributed by atoms with E-state index in [1.54, 1.807) is 4.90 Å². The molecule has 4 heterocycles. The van der Waals surface area contributed by atoms with Gasteiger partial charge in [-0.3, -0.25) is 4.79 Å². The molecule has 0 bridgehead atoms. The molecule has 0 unspecified atom stereocenters. The highest BCUT2D eigenvalue weighted by atomic mass is 16.5. The van der Waals surface area contributed by atoms with E-state index in [4.69, 9.17) is 19.4 Å². The van der Waals surface area contributed by atoms with Crippen molar-refractivity contribution >= 4 is 28.2 Å². The van der Waals surface area contributed by atoms with Crippen LogP contribution in [0.5, 0.6) is 6.01 Å². The number of piperazine rings is 1. The Hall–Kier alpha value is -4.20. The molecule has 0 spiro atoms. The molecule has 6 rings (SSSR count). The third-order valence-electron chi connectivity index (χ3n) is 8.44. The summed E-state index contributed by atoms with van der Waals surface area (Å²) in [4.78, 5) is 31.0. The minimum atomic E-state index is -0.244. The van der Waals surface area contributed by atoms with Gasteiger partial charge < -0.3 is 29.1 Å². The maximum Gasteiger partial charge on any atom is 0.318 e. The second kappa shape index (κ2) is 12.3. The molecule has 1 amide bonds. The number of carbonyl (C=O) groups is 1. The van der Waals surface area contributed by atoms with Crippen molar-refractivity contribution in [3.63, 3.8) is 0 Å². The van der Waals surface area contributed by atoms with Crippen molar-refractivity contribution < 1.29 is 14.3 Å². The van der Waals surface area contributed by atoms with E-state index < -0.39 is 0 Å². The zero-order valence-electron chi connectivity index (χ0n) is 24.1. The topological polar surface area (TPSA) is 98.1 Å². The van der Waals surface area contributed by atoms with Crippen LogP contribution in [0.25, 0.3) is 10.8 Å². The van der Waals surface area contributed by atoms with Gasteiger partial charge >= 0.3 is 6.01 Å². The van der Waals surface area contributed by atoms with Gasteiger partial charge in [0, 0.05) is 55.9 Å². The van der Waals surface area contributed by atoms with Crippen molar-refractivity contribution in [3.8, 4) is 12.1 Å². The lowest BCUT2D eigenvalue weighted by Gasteiger charge is -2.42. The molecule has 10 heteroatoms. The van der Waals surface area contributed by atoms with E-state index in [1.165, 1.54) is 22.5 Å². The van der Waals surface area contributed by atoms with Crippen LogP contribution in [0, 0.1) is 11.3 Å². The highest BCUT2D eigenvalue weighted by molar-refractivity contribution is 5.94. The fourth-order valence-electron chi connectivity index (χ4n) is 6.27. The van der Waals surface area contributed by atoms with Gasteiger partial charge in [-0.15, -0.1) is 0 Å². The van der Waals surface area contributed by atoms with Gasteiger partial charge in [0.15, 0.2) is 0 Å². The number of aromatic nitrogens is 2. The number of likely N-dealkylation sites (N-methyl/N-ethyl adjacent to an activating group) is 1. The molecule has 42 heavy (non-hydrogen) atoms. The number of hydrogen-bond acceptors (Lipinski definition) is 9. The third-order valence-corrected chi connectivity index (χ3v) is 8.44. The number of fused-ring (bicyclic) bond motifs is 2. The summed E-state index contributed by atoms with van der Waals surface area (Å²) in [5, 5.41) is 11.9. The van der Waals surface area contributed by atoms with Gasteiger partial charge in [0.25, 0.3) is 0 Å². The van der Waals surface area contributed by atoms with Crippen LogP contribution < -0.4 is 14.5 Å². The zero-order chi connectivity index (χ0) is 29.1. The molecule has 3 aliphatic rings. The van der Waals surface area contributed by atoms with E-state index in [-0.39, 0.29) is 24.5 Å². The fraction of sp³-hybridized carbons (Fsp3) is 0.438. The number of ether oxygens (including phenoxy) is 2. The van der Waals surface area contributed by atoms with Gasteiger partial charge in [-0.25, -0.2) is 0 Å². The first-order valence-electron chi connectivity index (χ1n) is 14.6. The van der Waals surface area contributed by atoms with Crippen molar-refractivity contribution in [3.05, 3.63) is 66.4 Å². The number of hydrogen-bond donors (Lipinski definition) is 0. The minimum absolute atomic E-state index is 0.0486. The maximum atomic E-state index is 12.5.